The Bertz CT molecular complexity index is 438. The highest BCUT2D eigenvalue weighted by atomic mass is 16.6. The fraction of sp³-hybridized carbons (Fsp3) is 0.533. The van der Waals surface area contributed by atoms with E-state index in [4.69, 9.17) is 9.47 Å². The Labute approximate surface area is 114 Å². The molecule has 104 valence electrons. The lowest BCUT2D eigenvalue weighted by Gasteiger charge is -2.42. The highest BCUT2D eigenvalue weighted by Crippen LogP contribution is 2.33. The van der Waals surface area contributed by atoms with Crippen LogP contribution in [0.15, 0.2) is 30.3 Å². The van der Waals surface area contributed by atoms with Crippen LogP contribution in [0, 0.1) is 0 Å². The van der Waals surface area contributed by atoms with Crippen LogP contribution >= 0.6 is 0 Å². The van der Waals surface area contributed by atoms with Gasteiger partial charge in [-0.05, 0) is 26.3 Å². The maximum atomic E-state index is 12.0. The Hall–Kier alpha value is -1.55. The molecule has 2 rings (SSSR count). The topological polar surface area (TPSA) is 38.8 Å². The van der Waals surface area contributed by atoms with E-state index in [0.29, 0.717) is 6.61 Å². The molecule has 1 fully saturated rings. The van der Waals surface area contributed by atoms with E-state index in [1.54, 1.807) is 11.9 Å². The fourth-order valence-electron chi connectivity index (χ4n) is 2.02. The standard InChI is InChI=1S/C15H21NO3/c1-15(2,3)19-14(17)16(4)12-10-18-13(12)11-8-6-5-7-9-11/h5-9,12-13H,10H2,1-4H3/t12-,13-/m0/s1. The van der Waals surface area contributed by atoms with Crippen LogP contribution in [0.4, 0.5) is 4.79 Å². The number of carbonyl (C=O) groups excluding carboxylic acids is 1. The summed E-state index contributed by atoms with van der Waals surface area (Å²) in [7, 11) is 1.76. The Balaban J connectivity index is 2.01. The molecule has 0 radical (unpaired) electrons. The van der Waals surface area contributed by atoms with E-state index >= 15 is 0 Å². The largest absolute Gasteiger partial charge is 0.444 e. The van der Waals surface area contributed by atoms with Crippen molar-refractivity contribution in [2.45, 2.75) is 38.5 Å². The van der Waals surface area contributed by atoms with Gasteiger partial charge in [-0.2, -0.15) is 0 Å². The molecule has 1 amide bonds. The molecule has 4 heteroatoms. The van der Waals surface area contributed by atoms with E-state index in [0.717, 1.165) is 5.56 Å². The van der Waals surface area contributed by atoms with Gasteiger partial charge in [-0.3, -0.25) is 0 Å². The number of likely N-dealkylation sites (N-methyl/N-ethyl adjacent to an activating group) is 1. The monoisotopic (exact) mass is 263 g/mol. The van der Waals surface area contributed by atoms with Crippen molar-refractivity contribution in [3.05, 3.63) is 35.9 Å². The molecular weight excluding hydrogens is 242 g/mol. The molecule has 0 unspecified atom stereocenters. The van der Waals surface area contributed by atoms with Crippen molar-refractivity contribution in [2.75, 3.05) is 13.7 Å². The average Bonchev–Trinajstić information content (AvgIpc) is 2.26. The molecule has 1 aromatic carbocycles. The van der Waals surface area contributed by atoms with Crippen molar-refractivity contribution in [1.29, 1.82) is 0 Å². The van der Waals surface area contributed by atoms with Crippen molar-refractivity contribution in [3.8, 4) is 0 Å². The zero-order valence-electron chi connectivity index (χ0n) is 11.9. The van der Waals surface area contributed by atoms with E-state index in [9.17, 15) is 4.79 Å². The lowest BCUT2D eigenvalue weighted by molar-refractivity contribution is -0.129. The van der Waals surface area contributed by atoms with Crippen LogP contribution in [0.25, 0.3) is 0 Å². The van der Waals surface area contributed by atoms with Crippen molar-refractivity contribution in [1.82, 2.24) is 4.90 Å². The van der Waals surface area contributed by atoms with Gasteiger partial charge in [0, 0.05) is 7.05 Å². The van der Waals surface area contributed by atoms with Crippen LogP contribution in [0.5, 0.6) is 0 Å². The van der Waals surface area contributed by atoms with Gasteiger partial charge in [0.15, 0.2) is 0 Å². The number of hydrogen-bond acceptors (Lipinski definition) is 3. The van der Waals surface area contributed by atoms with Crippen LogP contribution in [-0.2, 0) is 9.47 Å². The van der Waals surface area contributed by atoms with Crippen LogP contribution < -0.4 is 0 Å². The molecule has 0 spiro atoms. The Kier molecular flexibility index (Phi) is 3.80. The predicted octanol–water partition coefficient (Wildman–Crippen LogP) is 2.99. The first kappa shape index (κ1) is 13.9. The molecule has 0 N–H and O–H groups in total. The summed E-state index contributed by atoms with van der Waals surface area (Å²) in [6, 6.07) is 9.98. The molecule has 2 atom stereocenters. The van der Waals surface area contributed by atoms with E-state index < -0.39 is 5.60 Å². The van der Waals surface area contributed by atoms with E-state index in [2.05, 4.69) is 0 Å². The first-order valence-corrected chi connectivity index (χ1v) is 6.51. The summed E-state index contributed by atoms with van der Waals surface area (Å²) in [4.78, 5) is 13.6. The van der Waals surface area contributed by atoms with Gasteiger partial charge in [0.2, 0.25) is 0 Å². The first-order valence-electron chi connectivity index (χ1n) is 6.51. The van der Waals surface area contributed by atoms with Gasteiger partial charge < -0.3 is 14.4 Å². The maximum Gasteiger partial charge on any atom is 0.410 e. The zero-order chi connectivity index (χ0) is 14.0. The summed E-state index contributed by atoms with van der Waals surface area (Å²) < 4.78 is 11.0. The highest BCUT2D eigenvalue weighted by molar-refractivity contribution is 5.68. The second-order valence-corrected chi connectivity index (χ2v) is 5.82. The first-order chi connectivity index (χ1) is 8.88. The van der Waals surface area contributed by atoms with Crippen LogP contribution in [0.3, 0.4) is 0 Å². The zero-order valence-corrected chi connectivity index (χ0v) is 11.9. The number of hydrogen-bond donors (Lipinski definition) is 0. The molecule has 0 saturated carbocycles. The number of ether oxygens (including phenoxy) is 2. The normalized spacial score (nSPS) is 22.5. The SMILES string of the molecule is CN(C(=O)OC(C)(C)C)[C@H]1CO[C@H]1c1ccccc1. The van der Waals surface area contributed by atoms with Gasteiger partial charge in [-0.1, -0.05) is 30.3 Å². The number of rotatable bonds is 2. The average molecular weight is 263 g/mol. The molecule has 0 bridgehead atoms. The summed E-state index contributed by atoms with van der Waals surface area (Å²) in [5, 5.41) is 0. The maximum absolute atomic E-state index is 12.0. The summed E-state index contributed by atoms with van der Waals surface area (Å²) >= 11 is 0. The molecule has 19 heavy (non-hydrogen) atoms. The quantitative estimate of drug-likeness (QED) is 0.823. The van der Waals surface area contributed by atoms with Crippen molar-refractivity contribution in [3.63, 3.8) is 0 Å². The molecule has 1 aliphatic heterocycles. The second kappa shape index (κ2) is 5.21. The number of amides is 1. The lowest BCUT2D eigenvalue weighted by atomic mass is 9.97. The van der Waals surface area contributed by atoms with E-state index in [-0.39, 0.29) is 18.2 Å². The van der Waals surface area contributed by atoms with Gasteiger partial charge in [0.1, 0.15) is 11.7 Å². The molecular formula is C15H21NO3. The van der Waals surface area contributed by atoms with E-state index in [1.807, 2.05) is 51.1 Å². The molecule has 1 heterocycles. The number of carbonyl (C=O) groups is 1. The summed E-state index contributed by atoms with van der Waals surface area (Å²) in [6.07, 6.45) is -0.361. The number of nitrogens with zero attached hydrogens (tertiary/aromatic N) is 1. The van der Waals surface area contributed by atoms with Gasteiger partial charge in [0.25, 0.3) is 0 Å². The van der Waals surface area contributed by atoms with Gasteiger partial charge in [0.05, 0.1) is 12.6 Å². The van der Waals surface area contributed by atoms with Crippen LogP contribution in [-0.4, -0.2) is 36.3 Å². The Morgan fingerprint density at radius 2 is 1.95 bits per heavy atom. The smallest absolute Gasteiger partial charge is 0.410 e. The fourth-order valence-corrected chi connectivity index (χ4v) is 2.02. The summed E-state index contributed by atoms with van der Waals surface area (Å²) in [5.41, 5.74) is 0.618. The minimum absolute atomic E-state index is 0.0391. The van der Waals surface area contributed by atoms with Gasteiger partial charge in [-0.25, -0.2) is 4.79 Å². The van der Waals surface area contributed by atoms with Crippen molar-refractivity contribution < 1.29 is 14.3 Å². The Morgan fingerprint density at radius 3 is 2.42 bits per heavy atom. The molecule has 4 nitrogen and oxygen atoms in total. The molecule has 0 aliphatic carbocycles. The minimum Gasteiger partial charge on any atom is -0.444 e. The third-order valence-corrected chi connectivity index (χ3v) is 3.10. The third kappa shape index (κ3) is 3.26. The third-order valence-electron chi connectivity index (χ3n) is 3.10. The van der Waals surface area contributed by atoms with Crippen LogP contribution in [0.1, 0.15) is 32.4 Å². The van der Waals surface area contributed by atoms with Gasteiger partial charge in [-0.15, -0.1) is 0 Å². The van der Waals surface area contributed by atoms with Crippen molar-refractivity contribution in [2.24, 2.45) is 0 Å². The van der Waals surface area contributed by atoms with Crippen molar-refractivity contribution >= 4 is 6.09 Å². The molecule has 1 aliphatic rings. The predicted molar refractivity (Wildman–Crippen MR) is 72.9 cm³/mol. The highest BCUT2D eigenvalue weighted by Gasteiger charge is 2.39. The van der Waals surface area contributed by atoms with E-state index in [1.165, 1.54) is 0 Å². The molecule has 1 saturated heterocycles. The lowest BCUT2D eigenvalue weighted by Crippen LogP contribution is -2.52. The summed E-state index contributed by atoms with van der Waals surface area (Å²) in [6.45, 7) is 6.15. The van der Waals surface area contributed by atoms with Gasteiger partial charge >= 0.3 is 6.09 Å². The Morgan fingerprint density at radius 1 is 1.32 bits per heavy atom. The molecule has 0 aromatic heterocycles. The second-order valence-electron chi connectivity index (χ2n) is 5.82. The number of benzene rings is 1. The summed E-state index contributed by atoms with van der Waals surface area (Å²) in [5.74, 6) is 0. The molecule has 1 aromatic rings. The van der Waals surface area contributed by atoms with Crippen LogP contribution in [0.2, 0.25) is 0 Å². The minimum atomic E-state index is -0.474.